The Kier molecular flexibility index (Phi) is 6.65. The molecule has 2 aromatic rings. The second-order valence-corrected chi connectivity index (χ2v) is 8.14. The Balaban J connectivity index is 2.03. The quantitative estimate of drug-likeness (QED) is 0.688. The molecule has 144 valence electrons. The third-order valence-corrected chi connectivity index (χ3v) is 5.74. The van der Waals surface area contributed by atoms with Crippen LogP contribution in [-0.4, -0.2) is 54.3 Å². The van der Waals surface area contributed by atoms with E-state index >= 15 is 0 Å². The van der Waals surface area contributed by atoms with Crippen LogP contribution >= 0.6 is 0 Å². The number of nitrogens with one attached hydrogen (secondary N) is 1. The summed E-state index contributed by atoms with van der Waals surface area (Å²) in [6, 6.07) is 8.37. The summed E-state index contributed by atoms with van der Waals surface area (Å²) in [4.78, 5) is 27.5. The van der Waals surface area contributed by atoms with E-state index in [9.17, 15) is 23.1 Å². The van der Waals surface area contributed by atoms with Crippen LogP contribution in [0.25, 0.3) is 0 Å². The molecule has 2 rings (SSSR count). The minimum Gasteiger partial charge on any atom is -0.480 e. The number of carboxylic acid groups (broad SMARTS) is 1. The Bertz CT molecular complexity index is 898. The van der Waals surface area contributed by atoms with Crippen LogP contribution in [0.4, 0.5) is 0 Å². The summed E-state index contributed by atoms with van der Waals surface area (Å²) in [6.45, 7) is 1.35. The predicted octanol–water partition coefficient (Wildman–Crippen LogP) is 0.823. The predicted molar refractivity (Wildman–Crippen MR) is 98.5 cm³/mol. The van der Waals surface area contributed by atoms with Crippen LogP contribution in [0, 0.1) is 6.92 Å². The Morgan fingerprint density at radius 3 is 2.30 bits per heavy atom. The highest BCUT2D eigenvalue weighted by atomic mass is 32.2. The summed E-state index contributed by atoms with van der Waals surface area (Å²) in [5, 5.41) is 11.7. The molecule has 27 heavy (non-hydrogen) atoms. The van der Waals surface area contributed by atoms with Gasteiger partial charge in [0.05, 0.1) is 11.4 Å². The van der Waals surface area contributed by atoms with Gasteiger partial charge in [0.2, 0.25) is 15.9 Å². The number of rotatable bonds is 8. The molecule has 9 heteroatoms. The maximum Gasteiger partial charge on any atom is 0.326 e. The Morgan fingerprint density at radius 2 is 1.74 bits per heavy atom. The van der Waals surface area contributed by atoms with Crippen LogP contribution in [0.1, 0.15) is 11.1 Å². The van der Waals surface area contributed by atoms with Crippen LogP contribution in [0.3, 0.4) is 0 Å². The van der Waals surface area contributed by atoms with Gasteiger partial charge in [-0.15, -0.1) is 0 Å². The van der Waals surface area contributed by atoms with Crippen molar-refractivity contribution in [2.24, 2.45) is 0 Å². The van der Waals surface area contributed by atoms with E-state index in [1.165, 1.54) is 31.6 Å². The molecule has 1 heterocycles. The number of sulfonamides is 1. The fourth-order valence-corrected chi connectivity index (χ4v) is 3.50. The van der Waals surface area contributed by atoms with Crippen LogP contribution < -0.4 is 5.32 Å². The minimum absolute atomic E-state index is 0.0648. The number of carbonyl (C=O) groups excluding carboxylic acids is 1. The second kappa shape index (κ2) is 8.74. The molecule has 1 unspecified atom stereocenters. The number of nitrogens with zero attached hydrogens (tertiary/aromatic N) is 2. The first-order valence-corrected chi connectivity index (χ1v) is 9.58. The summed E-state index contributed by atoms with van der Waals surface area (Å²) in [5.74, 6) is -1.90. The fourth-order valence-electron chi connectivity index (χ4n) is 2.37. The van der Waals surface area contributed by atoms with Crippen LogP contribution in [0.5, 0.6) is 0 Å². The molecule has 0 fully saturated rings. The SMILES string of the molecule is Cc1ccc(S(=O)(=O)N(C)CC(=O)NC(Cc2ccncc2)C(=O)O)cc1. The molecule has 0 aliphatic heterocycles. The smallest absolute Gasteiger partial charge is 0.326 e. The van der Waals surface area contributed by atoms with Gasteiger partial charge in [0.1, 0.15) is 6.04 Å². The van der Waals surface area contributed by atoms with Gasteiger partial charge in [-0.3, -0.25) is 9.78 Å². The van der Waals surface area contributed by atoms with Gasteiger partial charge in [0.25, 0.3) is 0 Å². The van der Waals surface area contributed by atoms with E-state index in [1.807, 2.05) is 6.92 Å². The third-order valence-electron chi connectivity index (χ3n) is 3.92. The monoisotopic (exact) mass is 391 g/mol. The van der Waals surface area contributed by atoms with Crippen molar-refractivity contribution in [2.75, 3.05) is 13.6 Å². The first-order chi connectivity index (χ1) is 12.7. The van der Waals surface area contributed by atoms with Crippen molar-refractivity contribution in [3.05, 3.63) is 59.9 Å². The van der Waals surface area contributed by atoms with E-state index in [-0.39, 0.29) is 11.3 Å². The van der Waals surface area contributed by atoms with Crippen molar-refractivity contribution in [1.29, 1.82) is 0 Å². The van der Waals surface area contributed by atoms with Gasteiger partial charge in [-0.2, -0.15) is 4.31 Å². The number of pyridine rings is 1. The van der Waals surface area contributed by atoms with Gasteiger partial charge in [-0.25, -0.2) is 13.2 Å². The zero-order valence-corrected chi connectivity index (χ0v) is 15.8. The van der Waals surface area contributed by atoms with E-state index < -0.39 is 34.5 Å². The molecule has 1 amide bonds. The molecule has 0 aliphatic carbocycles. The van der Waals surface area contributed by atoms with Crippen LogP contribution in [-0.2, 0) is 26.0 Å². The number of hydrogen-bond acceptors (Lipinski definition) is 5. The Labute approximate surface area is 157 Å². The number of hydrogen-bond donors (Lipinski definition) is 2. The lowest BCUT2D eigenvalue weighted by molar-refractivity contribution is -0.141. The molecular formula is C18H21N3O5S. The maximum absolute atomic E-state index is 12.5. The molecule has 0 radical (unpaired) electrons. The molecule has 1 atom stereocenters. The highest BCUT2D eigenvalue weighted by Gasteiger charge is 2.26. The highest BCUT2D eigenvalue weighted by molar-refractivity contribution is 7.89. The molecular weight excluding hydrogens is 370 g/mol. The molecule has 0 saturated carbocycles. The van der Waals surface area contributed by atoms with Crippen LogP contribution in [0.2, 0.25) is 0 Å². The van der Waals surface area contributed by atoms with E-state index in [0.717, 1.165) is 9.87 Å². The molecule has 2 N–H and O–H groups in total. The zero-order chi connectivity index (χ0) is 20.0. The van der Waals surface area contributed by atoms with Crippen molar-refractivity contribution in [3.8, 4) is 0 Å². The number of aryl methyl sites for hydroxylation is 1. The van der Waals surface area contributed by atoms with Crippen molar-refractivity contribution >= 4 is 21.9 Å². The molecule has 0 spiro atoms. The number of benzene rings is 1. The molecule has 1 aromatic carbocycles. The Morgan fingerprint density at radius 1 is 1.15 bits per heavy atom. The Hall–Kier alpha value is -2.78. The van der Waals surface area contributed by atoms with Crippen molar-refractivity contribution < 1.29 is 23.1 Å². The third kappa shape index (κ3) is 5.60. The number of carboxylic acids is 1. The summed E-state index contributed by atoms with van der Waals surface area (Å²) in [6.07, 6.45) is 3.12. The fraction of sp³-hybridized carbons (Fsp3) is 0.278. The largest absolute Gasteiger partial charge is 0.480 e. The topological polar surface area (TPSA) is 117 Å². The normalized spacial score (nSPS) is 12.6. The molecule has 0 aliphatic rings. The molecule has 0 saturated heterocycles. The van der Waals surface area contributed by atoms with Gasteiger partial charge in [-0.1, -0.05) is 17.7 Å². The number of likely N-dealkylation sites (N-methyl/N-ethyl adjacent to an activating group) is 1. The van der Waals surface area contributed by atoms with Crippen molar-refractivity contribution in [1.82, 2.24) is 14.6 Å². The van der Waals surface area contributed by atoms with Gasteiger partial charge in [0.15, 0.2) is 0 Å². The highest BCUT2D eigenvalue weighted by Crippen LogP contribution is 2.14. The molecule has 1 aromatic heterocycles. The van der Waals surface area contributed by atoms with Gasteiger partial charge in [0, 0.05) is 25.9 Å². The second-order valence-electron chi connectivity index (χ2n) is 6.09. The minimum atomic E-state index is -3.85. The molecule has 8 nitrogen and oxygen atoms in total. The first-order valence-electron chi connectivity index (χ1n) is 8.14. The number of aromatic nitrogens is 1. The number of aliphatic carboxylic acids is 1. The van der Waals surface area contributed by atoms with Crippen molar-refractivity contribution in [3.63, 3.8) is 0 Å². The maximum atomic E-state index is 12.5. The van der Waals surface area contributed by atoms with Crippen LogP contribution in [0.15, 0.2) is 53.7 Å². The van der Waals surface area contributed by atoms with E-state index in [4.69, 9.17) is 0 Å². The average molecular weight is 391 g/mol. The number of carbonyl (C=O) groups is 2. The van der Waals surface area contributed by atoms with Gasteiger partial charge in [-0.05, 0) is 36.8 Å². The van der Waals surface area contributed by atoms with E-state index in [0.29, 0.717) is 5.56 Å². The van der Waals surface area contributed by atoms with Crippen molar-refractivity contribution in [2.45, 2.75) is 24.3 Å². The van der Waals surface area contributed by atoms with E-state index in [1.54, 1.807) is 24.3 Å². The summed E-state index contributed by atoms with van der Waals surface area (Å²) >= 11 is 0. The standard InChI is InChI=1S/C18H21N3O5S/c1-13-3-5-15(6-4-13)27(25,26)21(2)12-17(22)20-16(18(23)24)11-14-7-9-19-10-8-14/h3-10,16H,11-12H2,1-2H3,(H,20,22)(H,23,24). The summed E-state index contributed by atoms with van der Waals surface area (Å²) in [7, 11) is -2.58. The average Bonchev–Trinajstić information content (AvgIpc) is 2.62. The van der Waals surface area contributed by atoms with Gasteiger partial charge >= 0.3 is 5.97 Å². The first kappa shape index (κ1) is 20.5. The summed E-state index contributed by atoms with van der Waals surface area (Å²) in [5.41, 5.74) is 1.60. The van der Waals surface area contributed by atoms with Gasteiger partial charge < -0.3 is 10.4 Å². The zero-order valence-electron chi connectivity index (χ0n) is 15.0. The van der Waals surface area contributed by atoms with E-state index in [2.05, 4.69) is 10.3 Å². The number of amides is 1. The molecule has 0 bridgehead atoms. The summed E-state index contributed by atoms with van der Waals surface area (Å²) < 4.78 is 25.9. The lowest BCUT2D eigenvalue weighted by Crippen LogP contribution is -2.46. The lowest BCUT2D eigenvalue weighted by Gasteiger charge is -2.19. The lowest BCUT2D eigenvalue weighted by atomic mass is 10.1.